The minimum atomic E-state index is -0.0698. The van der Waals surface area contributed by atoms with Crippen molar-refractivity contribution in [1.82, 2.24) is 5.32 Å². The molecule has 0 spiro atoms. The van der Waals surface area contributed by atoms with Gasteiger partial charge in [-0.25, -0.2) is 0 Å². The molecule has 1 rings (SSSR count). The van der Waals surface area contributed by atoms with Crippen molar-refractivity contribution in [3.05, 3.63) is 35.9 Å². The van der Waals surface area contributed by atoms with E-state index in [4.69, 9.17) is 4.74 Å². The highest BCUT2D eigenvalue weighted by Crippen LogP contribution is 2.27. The fourth-order valence-electron chi connectivity index (χ4n) is 2.29. The lowest BCUT2D eigenvalue weighted by molar-refractivity contribution is -0.123. The van der Waals surface area contributed by atoms with E-state index in [1.54, 1.807) is 0 Å². The molecule has 0 saturated carbocycles. The molecule has 0 aliphatic carbocycles. The van der Waals surface area contributed by atoms with E-state index in [0.29, 0.717) is 25.7 Å². The van der Waals surface area contributed by atoms with Crippen molar-refractivity contribution in [2.45, 2.75) is 32.6 Å². The quantitative estimate of drug-likeness (QED) is 0.512. The van der Waals surface area contributed by atoms with Gasteiger partial charge in [-0.2, -0.15) is 0 Å². The van der Waals surface area contributed by atoms with Crippen molar-refractivity contribution in [3.8, 4) is 0 Å². The standard InChI is InChI=1S/C17H26BrNO2/c1-3-14(2)16(15-8-5-4-6-9-15)17(20)19-11-7-12-21-13-10-18/h4-6,8-9,14,16H,3,7,10-13H2,1-2H3,(H,19,20). The van der Waals surface area contributed by atoms with E-state index >= 15 is 0 Å². The first kappa shape index (κ1) is 18.2. The summed E-state index contributed by atoms with van der Waals surface area (Å²) in [6, 6.07) is 10.0. The third-order valence-electron chi connectivity index (χ3n) is 3.64. The van der Waals surface area contributed by atoms with E-state index in [0.717, 1.165) is 23.7 Å². The van der Waals surface area contributed by atoms with Gasteiger partial charge in [0.05, 0.1) is 12.5 Å². The number of hydrogen-bond acceptors (Lipinski definition) is 2. The van der Waals surface area contributed by atoms with Crippen LogP contribution in [0.2, 0.25) is 0 Å². The Morgan fingerprint density at radius 2 is 2.00 bits per heavy atom. The van der Waals surface area contributed by atoms with Crippen LogP contribution in [0, 0.1) is 5.92 Å². The van der Waals surface area contributed by atoms with Gasteiger partial charge < -0.3 is 10.1 Å². The van der Waals surface area contributed by atoms with Crippen molar-refractivity contribution < 1.29 is 9.53 Å². The van der Waals surface area contributed by atoms with Gasteiger partial charge in [-0.3, -0.25) is 4.79 Å². The predicted octanol–water partition coefficient (Wildman–Crippen LogP) is 3.73. The number of rotatable bonds is 10. The molecule has 0 fully saturated rings. The summed E-state index contributed by atoms with van der Waals surface area (Å²) in [4.78, 5) is 12.5. The molecule has 0 aliphatic rings. The van der Waals surface area contributed by atoms with Crippen LogP contribution in [0.3, 0.4) is 0 Å². The molecule has 4 heteroatoms. The lowest BCUT2D eigenvalue weighted by atomic mass is 9.85. The summed E-state index contributed by atoms with van der Waals surface area (Å²) >= 11 is 3.32. The fourth-order valence-corrected chi connectivity index (χ4v) is 2.52. The van der Waals surface area contributed by atoms with E-state index in [9.17, 15) is 4.79 Å². The molecule has 0 bridgehead atoms. The number of nitrogens with one attached hydrogen (secondary N) is 1. The summed E-state index contributed by atoms with van der Waals surface area (Å²) in [6.45, 7) is 6.33. The number of hydrogen-bond donors (Lipinski definition) is 1. The molecule has 1 aromatic carbocycles. The van der Waals surface area contributed by atoms with Crippen molar-refractivity contribution in [1.29, 1.82) is 0 Å². The van der Waals surface area contributed by atoms with Gasteiger partial charge in [0.15, 0.2) is 0 Å². The van der Waals surface area contributed by atoms with Crippen LogP contribution in [0.15, 0.2) is 30.3 Å². The third-order valence-corrected chi connectivity index (χ3v) is 3.96. The Morgan fingerprint density at radius 3 is 2.62 bits per heavy atom. The summed E-state index contributed by atoms with van der Waals surface area (Å²) in [5.41, 5.74) is 1.10. The first-order valence-corrected chi connectivity index (χ1v) is 8.79. The number of amides is 1. The zero-order valence-corrected chi connectivity index (χ0v) is 14.6. The van der Waals surface area contributed by atoms with Crippen molar-refractivity contribution in [2.75, 3.05) is 25.1 Å². The molecule has 21 heavy (non-hydrogen) atoms. The highest BCUT2D eigenvalue weighted by atomic mass is 79.9. The van der Waals surface area contributed by atoms with E-state index in [1.165, 1.54) is 0 Å². The van der Waals surface area contributed by atoms with E-state index in [-0.39, 0.29) is 11.8 Å². The Balaban J connectivity index is 2.49. The Kier molecular flexibility index (Phi) is 9.35. The maximum Gasteiger partial charge on any atom is 0.227 e. The molecule has 1 amide bonds. The molecule has 3 nitrogen and oxygen atoms in total. The van der Waals surface area contributed by atoms with Crippen LogP contribution in [-0.2, 0) is 9.53 Å². The van der Waals surface area contributed by atoms with Crippen molar-refractivity contribution in [2.24, 2.45) is 5.92 Å². The smallest absolute Gasteiger partial charge is 0.227 e. The molecule has 0 heterocycles. The van der Waals surface area contributed by atoms with Crippen LogP contribution < -0.4 is 5.32 Å². The highest BCUT2D eigenvalue weighted by molar-refractivity contribution is 9.09. The monoisotopic (exact) mass is 355 g/mol. The largest absolute Gasteiger partial charge is 0.381 e. The maximum absolute atomic E-state index is 12.5. The number of benzene rings is 1. The van der Waals surface area contributed by atoms with Gasteiger partial charge in [-0.05, 0) is 17.9 Å². The minimum Gasteiger partial charge on any atom is -0.381 e. The number of ether oxygens (including phenoxy) is 1. The lowest BCUT2D eigenvalue weighted by Gasteiger charge is -2.22. The molecule has 0 aromatic heterocycles. The first-order valence-electron chi connectivity index (χ1n) is 7.67. The minimum absolute atomic E-state index is 0.0698. The zero-order chi connectivity index (χ0) is 15.5. The molecule has 0 radical (unpaired) electrons. The fraction of sp³-hybridized carbons (Fsp3) is 0.588. The van der Waals surface area contributed by atoms with Gasteiger partial charge in [0.1, 0.15) is 0 Å². The maximum atomic E-state index is 12.5. The van der Waals surface area contributed by atoms with Crippen LogP contribution >= 0.6 is 15.9 Å². The first-order chi connectivity index (χ1) is 10.2. The van der Waals surface area contributed by atoms with Crippen LogP contribution in [-0.4, -0.2) is 31.0 Å². The summed E-state index contributed by atoms with van der Waals surface area (Å²) in [7, 11) is 0. The predicted molar refractivity (Wildman–Crippen MR) is 90.9 cm³/mol. The molecule has 0 saturated heterocycles. The Morgan fingerprint density at radius 1 is 1.29 bits per heavy atom. The summed E-state index contributed by atoms with van der Waals surface area (Å²) in [6.07, 6.45) is 1.84. The number of carbonyl (C=O) groups excluding carboxylic acids is 1. The van der Waals surface area contributed by atoms with Crippen molar-refractivity contribution in [3.63, 3.8) is 0 Å². The van der Waals surface area contributed by atoms with E-state index in [1.807, 2.05) is 30.3 Å². The molecule has 2 unspecified atom stereocenters. The highest BCUT2D eigenvalue weighted by Gasteiger charge is 2.25. The Labute approximate surface area is 136 Å². The average Bonchev–Trinajstić information content (AvgIpc) is 2.51. The SMILES string of the molecule is CCC(C)C(C(=O)NCCCOCCBr)c1ccccc1. The van der Waals surface area contributed by atoms with Crippen LogP contribution in [0.1, 0.15) is 38.2 Å². The van der Waals surface area contributed by atoms with Crippen molar-refractivity contribution >= 4 is 21.8 Å². The van der Waals surface area contributed by atoms with Crippen LogP contribution in [0.5, 0.6) is 0 Å². The molecule has 1 aromatic rings. The Bertz CT molecular complexity index is 397. The normalized spacial score (nSPS) is 13.7. The van der Waals surface area contributed by atoms with Gasteiger partial charge in [0.25, 0.3) is 0 Å². The van der Waals surface area contributed by atoms with Gasteiger partial charge >= 0.3 is 0 Å². The molecule has 2 atom stereocenters. The van der Waals surface area contributed by atoms with Gasteiger partial charge in [-0.1, -0.05) is 66.5 Å². The van der Waals surface area contributed by atoms with E-state index < -0.39 is 0 Å². The van der Waals surface area contributed by atoms with Gasteiger partial charge in [0.2, 0.25) is 5.91 Å². The molecule has 0 aliphatic heterocycles. The zero-order valence-electron chi connectivity index (χ0n) is 13.0. The molecule has 118 valence electrons. The summed E-state index contributed by atoms with van der Waals surface area (Å²) in [5, 5.41) is 3.89. The van der Waals surface area contributed by atoms with Crippen LogP contribution in [0.4, 0.5) is 0 Å². The molecular formula is C17H26BrNO2. The third kappa shape index (κ3) is 6.62. The second kappa shape index (κ2) is 10.8. The number of halogens is 1. The topological polar surface area (TPSA) is 38.3 Å². The number of alkyl halides is 1. The Hall–Kier alpha value is -0.870. The molecular weight excluding hydrogens is 330 g/mol. The number of carbonyl (C=O) groups is 1. The van der Waals surface area contributed by atoms with E-state index in [2.05, 4.69) is 35.1 Å². The second-order valence-corrected chi connectivity index (χ2v) is 6.01. The lowest BCUT2D eigenvalue weighted by Crippen LogP contribution is -2.33. The van der Waals surface area contributed by atoms with Crippen LogP contribution in [0.25, 0.3) is 0 Å². The summed E-state index contributed by atoms with van der Waals surface area (Å²) < 4.78 is 5.38. The molecule has 1 N–H and O–H groups in total. The van der Waals surface area contributed by atoms with Gasteiger partial charge in [0, 0.05) is 18.5 Å². The van der Waals surface area contributed by atoms with Gasteiger partial charge in [-0.15, -0.1) is 0 Å². The summed E-state index contributed by atoms with van der Waals surface area (Å²) in [5.74, 6) is 0.382. The average molecular weight is 356 g/mol. The second-order valence-electron chi connectivity index (χ2n) is 5.22.